The fourth-order valence-corrected chi connectivity index (χ4v) is 2.51. The zero-order valence-electron chi connectivity index (χ0n) is 10.1. The molecule has 1 heterocycles. The fraction of sp³-hybridized carbons (Fsp3) is 0.231. The van der Waals surface area contributed by atoms with Crippen LogP contribution in [0.5, 0.6) is 5.75 Å². The molecular weight excluding hydrogens is 353 g/mol. The Labute approximate surface area is 129 Å². The minimum Gasteiger partial charge on any atom is -0.492 e. The second kappa shape index (κ2) is 6.18. The Morgan fingerprint density at radius 1 is 1.32 bits per heavy atom. The highest BCUT2D eigenvalue weighted by Crippen LogP contribution is 2.36. The third kappa shape index (κ3) is 3.26. The molecule has 3 nitrogen and oxygen atoms in total. The van der Waals surface area contributed by atoms with E-state index in [1.54, 1.807) is 24.3 Å². The molecule has 0 amide bonds. The van der Waals surface area contributed by atoms with E-state index in [1.165, 1.54) is 0 Å². The van der Waals surface area contributed by atoms with E-state index < -0.39 is 6.04 Å². The van der Waals surface area contributed by atoms with Gasteiger partial charge in [-0.2, -0.15) is 0 Å². The van der Waals surface area contributed by atoms with Crippen LogP contribution >= 0.6 is 39.1 Å². The lowest BCUT2D eigenvalue weighted by Crippen LogP contribution is -2.11. The normalized spacial score (nSPS) is 12.5. The van der Waals surface area contributed by atoms with Crippen molar-refractivity contribution < 1.29 is 9.15 Å². The third-order valence-corrected chi connectivity index (χ3v) is 3.64. The number of nitrogens with two attached hydrogens (primary N) is 1. The van der Waals surface area contributed by atoms with Crippen LogP contribution in [0.25, 0.3) is 0 Å². The van der Waals surface area contributed by atoms with Gasteiger partial charge >= 0.3 is 0 Å². The molecule has 102 valence electrons. The summed E-state index contributed by atoms with van der Waals surface area (Å²) in [6.07, 6.45) is 0. The van der Waals surface area contributed by atoms with Crippen LogP contribution in [0.2, 0.25) is 10.0 Å². The Bertz CT molecular complexity index is 586. The van der Waals surface area contributed by atoms with Crippen molar-refractivity contribution in [3.63, 3.8) is 0 Å². The van der Waals surface area contributed by atoms with E-state index in [2.05, 4.69) is 15.9 Å². The highest BCUT2D eigenvalue weighted by atomic mass is 79.9. The van der Waals surface area contributed by atoms with E-state index >= 15 is 0 Å². The average molecular weight is 365 g/mol. The summed E-state index contributed by atoms with van der Waals surface area (Å²) in [5.74, 6) is 1.15. The second-order valence-corrected chi connectivity index (χ2v) is 5.45. The number of hydrogen-bond donors (Lipinski definition) is 1. The lowest BCUT2D eigenvalue weighted by atomic mass is 10.1. The summed E-state index contributed by atoms with van der Waals surface area (Å²) >= 11 is 15.6. The monoisotopic (exact) mass is 363 g/mol. The summed E-state index contributed by atoms with van der Waals surface area (Å²) in [5.41, 5.74) is 6.82. The van der Waals surface area contributed by atoms with Crippen molar-refractivity contribution >= 4 is 39.1 Å². The number of halogens is 3. The first-order valence-electron chi connectivity index (χ1n) is 5.65. The minimum absolute atomic E-state index is 0.474. The molecule has 1 aromatic heterocycles. The quantitative estimate of drug-likeness (QED) is 0.847. The van der Waals surface area contributed by atoms with E-state index in [-0.39, 0.29) is 0 Å². The Kier molecular flexibility index (Phi) is 4.79. The van der Waals surface area contributed by atoms with Gasteiger partial charge in [-0.15, -0.1) is 0 Å². The molecule has 0 bridgehead atoms. The van der Waals surface area contributed by atoms with Crippen molar-refractivity contribution in [3.8, 4) is 5.75 Å². The Balaban J connectivity index is 2.37. The Morgan fingerprint density at radius 2 is 2.05 bits per heavy atom. The highest BCUT2D eigenvalue weighted by Gasteiger charge is 2.18. The van der Waals surface area contributed by atoms with E-state index in [0.29, 0.717) is 38.4 Å². The first-order chi connectivity index (χ1) is 9.02. The van der Waals surface area contributed by atoms with E-state index in [0.717, 1.165) is 0 Å². The fourth-order valence-electron chi connectivity index (χ4n) is 1.70. The summed E-state index contributed by atoms with van der Waals surface area (Å²) in [6.45, 7) is 2.40. The van der Waals surface area contributed by atoms with Crippen LogP contribution in [0.4, 0.5) is 0 Å². The first-order valence-corrected chi connectivity index (χ1v) is 7.20. The van der Waals surface area contributed by atoms with Gasteiger partial charge in [0.25, 0.3) is 0 Å². The standard InChI is InChI=1S/C13H12BrCl2NO2/c1-2-18-11-6-8(15)7(5-9(11)16)13(17)10-3-4-12(14)19-10/h3-6,13H,2,17H2,1H3. The number of benzene rings is 1. The van der Waals surface area contributed by atoms with Gasteiger partial charge in [-0.3, -0.25) is 0 Å². The molecule has 6 heteroatoms. The third-order valence-electron chi connectivity index (χ3n) is 2.59. The van der Waals surface area contributed by atoms with Crippen molar-refractivity contribution in [1.82, 2.24) is 0 Å². The van der Waals surface area contributed by atoms with Gasteiger partial charge in [-0.1, -0.05) is 23.2 Å². The molecule has 0 aliphatic heterocycles. The zero-order chi connectivity index (χ0) is 14.0. The molecule has 0 radical (unpaired) electrons. The number of ether oxygens (including phenoxy) is 1. The molecule has 1 atom stereocenters. The van der Waals surface area contributed by atoms with Gasteiger partial charge in [0.1, 0.15) is 11.5 Å². The van der Waals surface area contributed by atoms with E-state index in [9.17, 15) is 0 Å². The maximum absolute atomic E-state index is 6.22. The summed E-state index contributed by atoms with van der Waals surface area (Å²) in [4.78, 5) is 0. The largest absolute Gasteiger partial charge is 0.492 e. The van der Waals surface area contributed by atoms with Gasteiger partial charge in [0.2, 0.25) is 0 Å². The van der Waals surface area contributed by atoms with Gasteiger partial charge in [0.05, 0.1) is 17.7 Å². The van der Waals surface area contributed by atoms with Gasteiger partial charge in [-0.05, 0) is 46.6 Å². The molecule has 0 saturated heterocycles. The van der Waals surface area contributed by atoms with Crippen LogP contribution in [0.3, 0.4) is 0 Å². The van der Waals surface area contributed by atoms with Crippen LogP contribution in [0.1, 0.15) is 24.3 Å². The molecule has 19 heavy (non-hydrogen) atoms. The van der Waals surface area contributed by atoms with Crippen molar-refractivity contribution in [1.29, 1.82) is 0 Å². The topological polar surface area (TPSA) is 48.4 Å². The molecule has 0 aliphatic rings. The van der Waals surface area contributed by atoms with Gasteiger partial charge < -0.3 is 14.9 Å². The Hall–Kier alpha value is -0.680. The van der Waals surface area contributed by atoms with Crippen LogP contribution in [0, 0.1) is 0 Å². The molecule has 1 unspecified atom stereocenters. The molecule has 2 rings (SSSR count). The van der Waals surface area contributed by atoms with E-state index in [4.69, 9.17) is 38.1 Å². The minimum atomic E-state index is -0.480. The van der Waals surface area contributed by atoms with E-state index in [1.807, 2.05) is 6.92 Å². The van der Waals surface area contributed by atoms with Crippen molar-refractivity contribution in [3.05, 3.63) is 50.3 Å². The maximum atomic E-state index is 6.22. The summed E-state index contributed by atoms with van der Waals surface area (Å²) < 4.78 is 11.4. The van der Waals surface area contributed by atoms with Crippen LogP contribution < -0.4 is 10.5 Å². The second-order valence-electron chi connectivity index (χ2n) is 3.86. The van der Waals surface area contributed by atoms with Gasteiger partial charge in [0, 0.05) is 11.1 Å². The lowest BCUT2D eigenvalue weighted by Gasteiger charge is -2.14. The summed E-state index contributed by atoms with van der Waals surface area (Å²) in [6, 6.07) is 6.46. The van der Waals surface area contributed by atoms with Crippen LogP contribution in [-0.4, -0.2) is 6.61 Å². The predicted octanol–water partition coefficient (Wildman–Crippen LogP) is 4.80. The average Bonchev–Trinajstić information content (AvgIpc) is 2.79. The molecule has 0 aliphatic carbocycles. The smallest absolute Gasteiger partial charge is 0.169 e. The zero-order valence-corrected chi connectivity index (χ0v) is 13.2. The highest BCUT2D eigenvalue weighted by molar-refractivity contribution is 9.10. The van der Waals surface area contributed by atoms with Crippen molar-refractivity contribution in [2.75, 3.05) is 6.61 Å². The summed E-state index contributed by atoms with van der Waals surface area (Å²) in [5, 5.41) is 0.968. The molecule has 0 fully saturated rings. The van der Waals surface area contributed by atoms with Crippen molar-refractivity contribution in [2.45, 2.75) is 13.0 Å². The number of rotatable bonds is 4. The SMILES string of the molecule is CCOc1cc(Cl)c(C(N)c2ccc(Br)o2)cc1Cl. The molecule has 2 N–H and O–H groups in total. The first kappa shape index (κ1) is 14.7. The van der Waals surface area contributed by atoms with Crippen LogP contribution in [0.15, 0.2) is 33.4 Å². The number of hydrogen-bond acceptors (Lipinski definition) is 3. The van der Waals surface area contributed by atoms with Crippen molar-refractivity contribution in [2.24, 2.45) is 5.73 Å². The predicted molar refractivity (Wildman–Crippen MR) is 80.1 cm³/mol. The Morgan fingerprint density at radius 3 is 2.63 bits per heavy atom. The van der Waals surface area contributed by atoms with Gasteiger partial charge in [-0.25, -0.2) is 0 Å². The summed E-state index contributed by atoms with van der Waals surface area (Å²) in [7, 11) is 0. The molecule has 1 aromatic carbocycles. The number of furan rings is 1. The lowest BCUT2D eigenvalue weighted by molar-refractivity contribution is 0.340. The van der Waals surface area contributed by atoms with Crippen LogP contribution in [-0.2, 0) is 0 Å². The molecular formula is C13H12BrCl2NO2. The molecule has 2 aromatic rings. The van der Waals surface area contributed by atoms with Gasteiger partial charge in [0.15, 0.2) is 4.67 Å². The molecule has 0 saturated carbocycles. The maximum Gasteiger partial charge on any atom is 0.169 e. The molecule has 0 spiro atoms.